The van der Waals surface area contributed by atoms with Crippen molar-refractivity contribution in [2.24, 2.45) is 11.7 Å². The van der Waals surface area contributed by atoms with Crippen molar-refractivity contribution in [2.45, 2.75) is 30.7 Å². The Hall–Kier alpha value is -0.430. The lowest BCUT2D eigenvalue weighted by atomic mass is 10.2. The molecule has 1 aromatic rings. The predicted molar refractivity (Wildman–Crippen MR) is 74.8 cm³/mol. The molecular weight excluding hydrogens is 316 g/mol. The van der Waals surface area contributed by atoms with Gasteiger partial charge in [-0.05, 0) is 53.2 Å². The van der Waals surface area contributed by atoms with E-state index in [9.17, 15) is 8.42 Å². The van der Waals surface area contributed by atoms with Crippen LogP contribution in [0.4, 0.5) is 0 Å². The van der Waals surface area contributed by atoms with E-state index in [1.54, 1.807) is 12.1 Å². The third kappa shape index (κ3) is 3.12. The Labute approximate surface area is 116 Å². The minimum Gasteiger partial charge on any atom is -0.326 e. The Balaban J connectivity index is 2.12. The van der Waals surface area contributed by atoms with E-state index in [2.05, 4.69) is 20.7 Å². The molecule has 0 amide bonds. The number of halogens is 1. The van der Waals surface area contributed by atoms with E-state index in [4.69, 9.17) is 5.73 Å². The van der Waals surface area contributed by atoms with Crippen molar-refractivity contribution >= 4 is 26.0 Å². The van der Waals surface area contributed by atoms with Gasteiger partial charge in [0.25, 0.3) is 0 Å². The molecule has 0 bridgehead atoms. The maximum Gasteiger partial charge on any atom is 0.241 e. The van der Waals surface area contributed by atoms with Gasteiger partial charge in [0.15, 0.2) is 0 Å². The monoisotopic (exact) mass is 332 g/mol. The zero-order valence-electron chi connectivity index (χ0n) is 10.2. The maximum atomic E-state index is 12.2. The summed E-state index contributed by atoms with van der Waals surface area (Å²) in [6.45, 7) is 2.16. The van der Waals surface area contributed by atoms with Crippen molar-refractivity contribution in [3.63, 3.8) is 0 Å². The first kappa shape index (κ1) is 14.0. The maximum absolute atomic E-state index is 12.2. The summed E-state index contributed by atoms with van der Waals surface area (Å²) in [5.74, 6) is 0.480. The summed E-state index contributed by atoms with van der Waals surface area (Å²) < 4.78 is 27.5. The van der Waals surface area contributed by atoms with Crippen LogP contribution in [-0.4, -0.2) is 21.0 Å². The average Bonchev–Trinajstić information content (AvgIpc) is 3.13. The summed E-state index contributed by atoms with van der Waals surface area (Å²) in [5, 5.41) is 0. The quantitative estimate of drug-likeness (QED) is 0.863. The van der Waals surface area contributed by atoms with E-state index in [1.807, 2.05) is 13.0 Å². The van der Waals surface area contributed by atoms with Crippen LogP contribution in [0.3, 0.4) is 0 Å². The molecule has 3 N–H and O–H groups in total. The van der Waals surface area contributed by atoms with Crippen molar-refractivity contribution in [1.29, 1.82) is 0 Å². The fourth-order valence-electron chi connectivity index (χ4n) is 1.80. The van der Waals surface area contributed by atoms with Gasteiger partial charge >= 0.3 is 0 Å². The molecule has 100 valence electrons. The van der Waals surface area contributed by atoms with E-state index >= 15 is 0 Å². The minimum atomic E-state index is -3.49. The standard InChI is InChI=1S/C12H17BrN2O2S/c1-8-3-2-4-11(12(8)13)18(16,17)15-7-10(14)9-5-6-9/h2-4,9-10,15H,5-7,14H2,1H3. The molecule has 1 atom stereocenters. The highest BCUT2D eigenvalue weighted by Gasteiger charge is 2.29. The second kappa shape index (κ2) is 5.28. The highest BCUT2D eigenvalue weighted by molar-refractivity contribution is 9.10. The summed E-state index contributed by atoms with van der Waals surface area (Å²) in [7, 11) is -3.49. The molecule has 1 aliphatic carbocycles. The van der Waals surface area contributed by atoms with Crippen LogP contribution in [0, 0.1) is 12.8 Å². The van der Waals surface area contributed by atoms with Gasteiger partial charge in [-0.15, -0.1) is 0 Å². The van der Waals surface area contributed by atoms with Gasteiger partial charge in [-0.1, -0.05) is 12.1 Å². The van der Waals surface area contributed by atoms with Crippen molar-refractivity contribution in [1.82, 2.24) is 4.72 Å². The number of sulfonamides is 1. The van der Waals surface area contributed by atoms with Crippen LogP contribution in [0.1, 0.15) is 18.4 Å². The third-order valence-electron chi connectivity index (χ3n) is 3.18. The Kier molecular flexibility index (Phi) is 4.11. The predicted octanol–water partition coefficient (Wildman–Crippen LogP) is 1.77. The molecule has 2 rings (SSSR count). The molecule has 4 nitrogen and oxygen atoms in total. The molecule has 1 fully saturated rings. The molecule has 0 radical (unpaired) electrons. The van der Waals surface area contributed by atoms with Crippen molar-refractivity contribution in [3.8, 4) is 0 Å². The normalized spacial score (nSPS) is 17.7. The van der Waals surface area contributed by atoms with Gasteiger partial charge in [-0.25, -0.2) is 13.1 Å². The van der Waals surface area contributed by atoms with Crippen LogP contribution in [0.15, 0.2) is 27.6 Å². The van der Waals surface area contributed by atoms with Crippen LogP contribution in [0.2, 0.25) is 0 Å². The van der Waals surface area contributed by atoms with Gasteiger partial charge in [0.2, 0.25) is 10.0 Å². The molecular formula is C12H17BrN2O2S. The average molecular weight is 333 g/mol. The fraction of sp³-hybridized carbons (Fsp3) is 0.500. The summed E-state index contributed by atoms with van der Waals surface area (Å²) in [4.78, 5) is 0.269. The molecule has 18 heavy (non-hydrogen) atoms. The minimum absolute atomic E-state index is 0.0802. The molecule has 1 unspecified atom stereocenters. The van der Waals surface area contributed by atoms with Gasteiger partial charge in [0, 0.05) is 17.1 Å². The molecule has 6 heteroatoms. The number of hydrogen-bond acceptors (Lipinski definition) is 3. The van der Waals surface area contributed by atoms with Gasteiger partial charge in [0.1, 0.15) is 0 Å². The Bertz CT molecular complexity index is 541. The summed E-state index contributed by atoms with van der Waals surface area (Å²) in [6.07, 6.45) is 2.22. The van der Waals surface area contributed by atoms with Crippen LogP contribution in [0.25, 0.3) is 0 Å². The molecule has 0 heterocycles. The molecule has 0 spiro atoms. The van der Waals surface area contributed by atoms with Crippen LogP contribution in [0.5, 0.6) is 0 Å². The second-order valence-electron chi connectivity index (χ2n) is 4.74. The van der Waals surface area contributed by atoms with E-state index < -0.39 is 10.0 Å². The number of hydrogen-bond donors (Lipinski definition) is 2. The molecule has 1 aromatic carbocycles. The van der Waals surface area contributed by atoms with Crippen molar-refractivity contribution in [3.05, 3.63) is 28.2 Å². The lowest BCUT2D eigenvalue weighted by Gasteiger charge is -2.13. The largest absolute Gasteiger partial charge is 0.326 e. The highest BCUT2D eigenvalue weighted by atomic mass is 79.9. The molecule has 1 aliphatic rings. The first-order valence-corrected chi connectivity index (χ1v) is 8.20. The molecule has 1 saturated carbocycles. The fourth-order valence-corrected chi connectivity index (χ4v) is 3.93. The van der Waals surface area contributed by atoms with Gasteiger partial charge in [-0.2, -0.15) is 0 Å². The van der Waals surface area contributed by atoms with Crippen LogP contribution in [-0.2, 0) is 10.0 Å². The zero-order chi connectivity index (χ0) is 13.3. The van der Waals surface area contributed by atoms with Crippen molar-refractivity contribution in [2.75, 3.05) is 6.54 Å². The Morgan fingerprint density at radius 1 is 1.50 bits per heavy atom. The first-order chi connectivity index (χ1) is 8.42. The number of rotatable bonds is 5. The lowest BCUT2D eigenvalue weighted by molar-refractivity contribution is 0.547. The van der Waals surface area contributed by atoms with E-state index in [-0.39, 0.29) is 10.9 Å². The summed E-state index contributed by atoms with van der Waals surface area (Å²) >= 11 is 3.31. The Morgan fingerprint density at radius 2 is 2.17 bits per heavy atom. The number of nitrogens with two attached hydrogens (primary N) is 1. The molecule has 0 saturated heterocycles. The van der Waals surface area contributed by atoms with Gasteiger partial charge < -0.3 is 5.73 Å². The van der Waals surface area contributed by atoms with E-state index in [1.165, 1.54) is 0 Å². The topological polar surface area (TPSA) is 72.2 Å². The summed E-state index contributed by atoms with van der Waals surface area (Å²) in [6, 6.07) is 5.10. The number of aryl methyl sites for hydroxylation is 1. The van der Waals surface area contributed by atoms with E-state index in [0.717, 1.165) is 18.4 Å². The van der Waals surface area contributed by atoms with Crippen LogP contribution >= 0.6 is 15.9 Å². The summed E-state index contributed by atoms with van der Waals surface area (Å²) in [5.41, 5.74) is 6.79. The SMILES string of the molecule is Cc1cccc(S(=O)(=O)NCC(N)C2CC2)c1Br. The highest BCUT2D eigenvalue weighted by Crippen LogP contribution is 2.31. The smallest absolute Gasteiger partial charge is 0.241 e. The number of nitrogens with one attached hydrogen (secondary N) is 1. The van der Waals surface area contributed by atoms with Gasteiger partial charge in [-0.3, -0.25) is 0 Å². The number of benzene rings is 1. The second-order valence-corrected chi connectivity index (χ2v) is 7.27. The zero-order valence-corrected chi connectivity index (χ0v) is 12.6. The lowest BCUT2D eigenvalue weighted by Crippen LogP contribution is -2.38. The van der Waals surface area contributed by atoms with Crippen LogP contribution < -0.4 is 10.5 Å². The van der Waals surface area contributed by atoms with Crippen molar-refractivity contribution < 1.29 is 8.42 Å². The molecule has 0 aliphatic heterocycles. The first-order valence-electron chi connectivity index (χ1n) is 5.92. The molecule has 0 aromatic heterocycles. The van der Waals surface area contributed by atoms with E-state index in [0.29, 0.717) is 16.9 Å². The Morgan fingerprint density at radius 3 is 2.78 bits per heavy atom. The van der Waals surface area contributed by atoms with Gasteiger partial charge in [0.05, 0.1) is 4.90 Å². The third-order valence-corrected chi connectivity index (χ3v) is 5.96.